The molecule has 2 heterocycles. The molecule has 94 valence electrons. The first-order valence-corrected chi connectivity index (χ1v) is 5.53. The quantitative estimate of drug-likeness (QED) is 0.823. The Balaban J connectivity index is 2.50. The highest BCUT2D eigenvalue weighted by atomic mass is 16.5. The van der Waals surface area contributed by atoms with Crippen LogP contribution in [-0.4, -0.2) is 27.6 Å². The lowest BCUT2D eigenvalue weighted by Crippen LogP contribution is -2.09. The number of nitrogen functional groups attached to an aromatic ring is 1. The van der Waals surface area contributed by atoms with Gasteiger partial charge in [0.15, 0.2) is 0 Å². The lowest BCUT2D eigenvalue weighted by Gasteiger charge is -2.08. The van der Waals surface area contributed by atoms with Gasteiger partial charge in [-0.05, 0) is 6.07 Å². The molecule has 0 aliphatic rings. The molecule has 0 unspecified atom stereocenters. The number of aromatic nitrogens is 3. The molecule has 6 nitrogen and oxygen atoms in total. The zero-order valence-corrected chi connectivity index (χ0v) is 10.3. The summed E-state index contributed by atoms with van der Waals surface area (Å²) in [6.45, 7) is 2.00. The molecule has 0 radical (unpaired) electrons. The Kier molecular flexibility index (Phi) is 3.27. The molecule has 0 atom stereocenters. The van der Waals surface area contributed by atoms with Gasteiger partial charge < -0.3 is 10.5 Å². The van der Waals surface area contributed by atoms with Gasteiger partial charge in [-0.15, -0.1) is 0 Å². The molecule has 2 aromatic rings. The lowest BCUT2D eigenvalue weighted by atomic mass is 10.2. The average Bonchev–Trinajstić information content (AvgIpc) is 2.86. The van der Waals surface area contributed by atoms with E-state index in [1.807, 2.05) is 11.5 Å². The summed E-state index contributed by atoms with van der Waals surface area (Å²) in [6.07, 6.45) is 5.70. The number of hydrogen-bond acceptors (Lipinski definition) is 5. The highest BCUT2D eigenvalue weighted by Gasteiger charge is 2.13. The number of pyridine rings is 1. The van der Waals surface area contributed by atoms with Crippen LogP contribution in [0.15, 0.2) is 24.7 Å². The van der Waals surface area contributed by atoms with Crippen molar-refractivity contribution >= 4 is 11.7 Å². The van der Waals surface area contributed by atoms with Crippen molar-refractivity contribution in [2.75, 3.05) is 12.8 Å². The molecule has 0 spiro atoms. The highest BCUT2D eigenvalue weighted by Crippen LogP contribution is 2.16. The average molecular weight is 246 g/mol. The van der Waals surface area contributed by atoms with Gasteiger partial charge >= 0.3 is 5.97 Å². The number of nitrogens with zero attached hydrogens (tertiary/aromatic N) is 3. The summed E-state index contributed by atoms with van der Waals surface area (Å²) in [5.74, 6) is 0.983. The Morgan fingerprint density at radius 1 is 1.50 bits per heavy atom. The normalized spacial score (nSPS) is 10.3. The first kappa shape index (κ1) is 12.1. The van der Waals surface area contributed by atoms with Gasteiger partial charge in [-0.3, -0.25) is 4.57 Å². The van der Waals surface area contributed by atoms with Crippen LogP contribution in [0.2, 0.25) is 0 Å². The van der Waals surface area contributed by atoms with Crippen LogP contribution in [0.25, 0.3) is 5.82 Å². The molecule has 0 aliphatic carbocycles. The van der Waals surface area contributed by atoms with Crippen molar-refractivity contribution in [3.63, 3.8) is 0 Å². The van der Waals surface area contributed by atoms with Gasteiger partial charge in [0.25, 0.3) is 0 Å². The smallest absolute Gasteiger partial charge is 0.340 e. The van der Waals surface area contributed by atoms with Gasteiger partial charge in [0.05, 0.1) is 24.6 Å². The van der Waals surface area contributed by atoms with E-state index < -0.39 is 5.97 Å². The second-order valence-electron chi connectivity index (χ2n) is 3.69. The fraction of sp³-hybridized carbons (Fsp3) is 0.250. The Morgan fingerprint density at radius 3 is 2.94 bits per heavy atom. The Hall–Kier alpha value is -2.37. The van der Waals surface area contributed by atoms with E-state index in [4.69, 9.17) is 5.73 Å². The summed E-state index contributed by atoms with van der Waals surface area (Å²) >= 11 is 0. The highest BCUT2D eigenvalue weighted by molar-refractivity contribution is 5.95. The number of imidazole rings is 1. The summed E-state index contributed by atoms with van der Waals surface area (Å²) in [4.78, 5) is 20.0. The molecule has 2 rings (SSSR count). The molecule has 0 saturated carbocycles. The molecular formula is C12H14N4O2. The van der Waals surface area contributed by atoms with E-state index >= 15 is 0 Å². The van der Waals surface area contributed by atoms with Crippen molar-refractivity contribution in [1.82, 2.24) is 14.5 Å². The largest absolute Gasteiger partial charge is 0.465 e. The number of nitrogens with two attached hydrogens (primary N) is 1. The van der Waals surface area contributed by atoms with E-state index in [1.54, 1.807) is 18.5 Å². The number of carbonyl (C=O) groups excluding carboxylic acids is 1. The first-order chi connectivity index (χ1) is 8.67. The maximum Gasteiger partial charge on any atom is 0.340 e. The van der Waals surface area contributed by atoms with Crippen LogP contribution in [0.4, 0.5) is 5.69 Å². The van der Waals surface area contributed by atoms with E-state index in [-0.39, 0.29) is 0 Å². The number of carbonyl (C=O) groups is 1. The van der Waals surface area contributed by atoms with E-state index in [0.717, 1.165) is 12.2 Å². The van der Waals surface area contributed by atoms with Crippen LogP contribution >= 0.6 is 0 Å². The van der Waals surface area contributed by atoms with Crippen molar-refractivity contribution < 1.29 is 9.53 Å². The Morgan fingerprint density at radius 2 is 2.28 bits per heavy atom. The van der Waals surface area contributed by atoms with Crippen molar-refractivity contribution in [2.24, 2.45) is 0 Å². The molecule has 0 amide bonds. The van der Waals surface area contributed by atoms with E-state index in [0.29, 0.717) is 17.1 Å². The summed E-state index contributed by atoms with van der Waals surface area (Å²) in [6, 6.07) is 1.60. The molecule has 0 aliphatic heterocycles. The number of rotatable bonds is 3. The number of hydrogen-bond donors (Lipinski definition) is 1. The number of ether oxygens (including phenoxy) is 1. The molecule has 18 heavy (non-hydrogen) atoms. The second kappa shape index (κ2) is 4.87. The summed E-state index contributed by atoms with van der Waals surface area (Å²) in [5.41, 5.74) is 6.30. The second-order valence-corrected chi connectivity index (χ2v) is 3.69. The van der Waals surface area contributed by atoms with Crippen molar-refractivity contribution in [3.8, 4) is 5.82 Å². The van der Waals surface area contributed by atoms with Gasteiger partial charge in [-0.25, -0.2) is 14.8 Å². The molecule has 0 fully saturated rings. The maximum atomic E-state index is 11.6. The first-order valence-electron chi connectivity index (χ1n) is 5.53. The fourth-order valence-corrected chi connectivity index (χ4v) is 1.68. The Labute approximate surface area is 104 Å². The van der Waals surface area contributed by atoms with Crippen LogP contribution in [0.1, 0.15) is 23.1 Å². The number of esters is 1. The maximum absolute atomic E-state index is 11.6. The predicted molar refractivity (Wildman–Crippen MR) is 66.5 cm³/mol. The minimum Gasteiger partial charge on any atom is -0.465 e. The summed E-state index contributed by atoms with van der Waals surface area (Å²) < 4.78 is 6.49. The molecular weight excluding hydrogens is 232 g/mol. The van der Waals surface area contributed by atoms with Crippen molar-refractivity contribution in [3.05, 3.63) is 36.0 Å². The minimum absolute atomic E-state index is 0.295. The van der Waals surface area contributed by atoms with Crippen LogP contribution in [0.3, 0.4) is 0 Å². The van der Waals surface area contributed by atoms with Gasteiger partial charge in [0, 0.05) is 18.8 Å². The van der Waals surface area contributed by atoms with Gasteiger partial charge in [-0.1, -0.05) is 6.92 Å². The van der Waals surface area contributed by atoms with Crippen LogP contribution in [0, 0.1) is 0 Å². The zero-order valence-electron chi connectivity index (χ0n) is 10.3. The molecule has 0 saturated heterocycles. The standard InChI is InChI=1S/C12H14N4O2/c1-3-10-14-4-5-16(10)11-6-8(12(17)18-2)9(13)7-15-11/h4-7H,3,13H2,1-2H3. The van der Waals surface area contributed by atoms with Gasteiger partial charge in [-0.2, -0.15) is 0 Å². The summed E-state index contributed by atoms with van der Waals surface area (Å²) in [5, 5.41) is 0. The van der Waals surface area contributed by atoms with E-state index in [2.05, 4.69) is 14.7 Å². The SMILES string of the molecule is CCc1nccn1-c1cc(C(=O)OC)c(N)cn1. The van der Waals surface area contributed by atoms with E-state index in [1.165, 1.54) is 13.3 Å². The Bertz CT molecular complexity index is 577. The van der Waals surface area contributed by atoms with Crippen LogP contribution < -0.4 is 5.73 Å². The molecule has 2 aromatic heterocycles. The van der Waals surface area contributed by atoms with E-state index in [9.17, 15) is 4.79 Å². The van der Waals surface area contributed by atoms with Crippen LogP contribution in [0.5, 0.6) is 0 Å². The zero-order chi connectivity index (χ0) is 13.1. The predicted octanol–water partition coefficient (Wildman–Crippen LogP) is 1.20. The number of methoxy groups -OCH3 is 1. The molecule has 0 aromatic carbocycles. The molecule has 6 heteroatoms. The molecule has 0 bridgehead atoms. The number of anilines is 1. The van der Waals surface area contributed by atoms with Crippen molar-refractivity contribution in [1.29, 1.82) is 0 Å². The third kappa shape index (κ3) is 2.04. The topological polar surface area (TPSA) is 83.0 Å². The lowest BCUT2D eigenvalue weighted by molar-refractivity contribution is 0.0602. The third-order valence-corrected chi connectivity index (χ3v) is 2.61. The monoisotopic (exact) mass is 246 g/mol. The van der Waals surface area contributed by atoms with Gasteiger partial charge in [0.2, 0.25) is 0 Å². The number of aryl methyl sites for hydroxylation is 1. The molecule has 2 N–H and O–H groups in total. The van der Waals surface area contributed by atoms with Gasteiger partial charge in [0.1, 0.15) is 11.6 Å². The summed E-state index contributed by atoms with van der Waals surface area (Å²) in [7, 11) is 1.32. The van der Waals surface area contributed by atoms with Crippen LogP contribution in [-0.2, 0) is 11.2 Å². The third-order valence-electron chi connectivity index (χ3n) is 2.61. The fourth-order valence-electron chi connectivity index (χ4n) is 1.68. The minimum atomic E-state index is -0.477. The van der Waals surface area contributed by atoms with Crippen molar-refractivity contribution in [2.45, 2.75) is 13.3 Å².